The summed E-state index contributed by atoms with van der Waals surface area (Å²) in [6, 6.07) is 16.7. The van der Waals surface area contributed by atoms with Crippen molar-refractivity contribution in [2.75, 3.05) is 25.1 Å². The van der Waals surface area contributed by atoms with E-state index in [0.29, 0.717) is 48.1 Å². The molecule has 1 saturated heterocycles. The molecule has 10 nitrogen and oxygen atoms in total. The lowest BCUT2D eigenvalue weighted by Gasteiger charge is -2.17. The summed E-state index contributed by atoms with van der Waals surface area (Å²) < 4.78 is 17.4. The van der Waals surface area contributed by atoms with Crippen LogP contribution in [0.5, 0.6) is 17.2 Å². The van der Waals surface area contributed by atoms with Crippen molar-refractivity contribution in [3.8, 4) is 17.2 Å². The Balaban J connectivity index is 1.50. The minimum absolute atomic E-state index is 0.168. The summed E-state index contributed by atoms with van der Waals surface area (Å²) in [7, 11) is 0. The molecule has 1 aliphatic heterocycles. The van der Waals surface area contributed by atoms with Crippen LogP contribution in [0.1, 0.15) is 40.9 Å². The van der Waals surface area contributed by atoms with Gasteiger partial charge in [0.2, 0.25) is 5.91 Å². The number of anilines is 1. The standard InChI is InChI=1S/C33H32N2O8S/c1-4-7-24-16-22(17-27(42-6-3)30(24)43-20-21-8-10-23(11-9-21)32(38)39)18-28-31(37)35(33(40)44-28)19-29(36)34-25-12-14-26(15-13-25)41-5-2/h4,8-18H,1,5-7,19-20H2,2-3H3,(H,34,36)(H,38,39)/b28-18+. The number of aromatic carboxylic acids is 1. The summed E-state index contributed by atoms with van der Waals surface area (Å²) in [5.74, 6) is -0.499. The molecule has 0 radical (unpaired) electrons. The van der Waals surface area contributed by atoms with Crippen LogP contribution in [0.2, 0.25) is 0 Å². The molecule has 4 rings (SSSR count). The van der Waals surface area contributed by atoms with Crippen LogP contribution in [0, 0.1) is 0 Å². The molecule has 1 fully saturated rings. The summed E-state index contributed by atoms with van der Waals surface area (Å²) in [5, 5.41) is 11.3. The summed E-state index contributed by atoms with van der Waals surface area (Å²) >= 11 is 0.754. The van der Waals surface area contributed by atoms with Gasteiger partial charge in [-0.15, -0.1) is 6.58 Å². The van der Waals surface area contributed by atoms with Gasteiger partial charge in [-0.05, 0) is 97.8 Å². The molecule has 11 heteroatoms. The summed E-state index contributed by atoms with van der Waals surface area (Å²) in [5.41, 5.74) is 2.81. The molecule has 0 aromatic heterocycles. The first-order valence-electron chi connectivity index (χ1n) is 13.9. The monoisotopic (exact) mass is 616 g/mol. The van der Waals surface area contributed by atoms with E-state index in [4.69, 9.17) is 19.3 Å². The van der Waals surface area contributed by atoms with E-state index in [1.54, 1.807) is 54.6 Å². The number of carbonyl (C=O) groups excluding carboxylic acids is 3. The molecule has 44 heavy (non-hydrogen) atoms. The average Bonchev–Trinajstić information content (AvgIpc) is 3.25. The fraction of sp³-hybridized carbons (Fsp3) is 0.212. The van der Waals surface area contributed by atoms with Crippen molar-refractivity contribution < 1.29 is 38.5 Å². The minimum atomic E-state index is -1.01. The van der Waals surface area contributed by atoms with Gasteiger partial charge in [0, 0.05) is 11.3 Å². The number of carboxylic acids is 1. The first kappa shape index (κ1) is 31.9. The van der Waals surface area contributed by atoms with E-state index in [1.807, 2.05) is 19.9 Å². The number of carboxylic acid groups (broad SMARTS) is 1. The van der Waals surface area contributed by atoms with Crippen LogP contribution in [0.4, 0.5) is 10.5 Å². The lowest BCUT2D eigenvalue weighted by Crippen LogP contribution is -2.36. The normalized spacial score (nSPS) is 13.6. The number of nitrogens with zero attached hydrogens (tertiary/aromatic N) is 1. The highest BCUT2D eigenvalue weighted by Gasteiger charge is 2.36. The molecule has 3 amide bonds. The van der Waals surface area contributed by atoms with Gasteiger partial charge >= 0.3 is 5.97 Å². The fourth-order valence-electron chi connectivity index (χ4n) is 4.33. The quantitative estimate of drug-likeness (QED) is 0.161. The maximum atomic E-state index is 13.1. The number of hydrogen-bond acceptors (Lipinski definition) is 8. The Labute approximate surface area is 259 Å². The van der Waals surface area contributed by atoms with Gasteiger partial charge in [0.25, 0.3) is 11.1 Å². The van der Waals surface area contributed by atoms with Crippen LogP contribution >= 0.6 is 11.8 Å². The number of ether oxygens (including phenoxy) is 3. The van der Waals surface area contributed by atoms with Gasteiger partial charge in [-0.2, -0.15) is 0 Å². The number of imide groups is 1. The Hall–Kier alpha value is -5.03. The Morgan fingerprint density at radius 2 is 1.68 bits per heavy atom. The second-order valence-corrected chi connectivity index (χ2v) is 10.5. The first-order valence-corrected chi connectivity index (χ1v) is 14.7. The van der Waals surface area contributed by atoms with Gasteiger partial charge in [0.15, 0.2) is 11.5 Å². The fourth-order valence-corrected chi connectivity index (χ4v) is 5.17. The highest BCUT2D eigenvalue weighted by molar-refractivity contribution is 8.18. The van der Waals surface area contributed by atoms with E-state index in [2.05, 4.69) is 11.9 Å². The van der Waals surface area contributed by atoms with Crippen molar-refractivity contribution in [2.24, 2.45) is 0 Å². The van der Waals surface area contributed by atoms with Gasteiger partial charge in [-0.1, -0.05) is 18.2 Å². The summed E-state index contributed by atoms with van der Waals surface area (Å²) in [6.07, 6.45) is 3.72. The number of carbonyl (C=O) groups is 4. The van der Waals surface area contributed by atoms with Crippen LogP contribution in [-0.4, -0.2) is 52.8 Å². The lowest BCUT2D eigenvalue weighted by molar-refractivity contribution is -0.127. The predicted molar refractivity (Wildman–Crippen MR) is 168 cm³/mol. The first-order chi connectivity index (χ1) is 21.2. The number of nitrogens with one attached hydrogen (secondary N) is 1. The smallest absolute Gasteiger partial charge is 0.335 e. The van der Waals surface area contributed by atoms with Crippen molar-refractivity contribution in [2.45, 2.75) is 26.9 Å². The SMILES string of the molecule is C=CCc1cc(/C=C2/SC(=O)N(CC(=O)Nc3ccc(OCC)cc3)C2=O)cc(OCC)c1OCc1ccc(C(=O)O)cc1. The third-order valence-corrected chi connectivity index (χ3v) is 7.23. The molecule has 2 N–H and O–H groups in total. The zero-order chi connectivity index (χ0) is 31.6. The molecule has 1 aliphatic rings. The highest BCUT2D eigenvalue weighted by Crippen LogP contribution is 2.38. The van der Waals surface area contributed by atoms with E-state index >= 15 is 0 Å². The van der Waals surface area contributed by atoms with E-state index in [1.165, 1.54) is 12.1 Å². The number of rotatable bonds is 14. The second kappa shape index (κ2) is 14.9. The molecule has 0 atom stereocenters. The van der Waals surface area contributed by atoms with Gasteiger partial charge in [0.1, 0.15) is 18.9 Å². The maximum absolute atomic E-state index is 13.1. The number of thioether (sulfide) groups is 1. The highest BCUT2D eigenvalue weighted by atomic mass is 32.2. The van der Waals surface area contributed by atoms with Crippen LogP contribution in [-0.2, 0) is 22.6 Å². The second-order valence-electron chi connectivity index (χ2n) is 9.50. The zero-order valence-electron chi connectivity index (χ0n) is 24.3. The average molecular weight is 617 g/mol. The van der Waals surface area contributed by atoms with E-state index in [-0.39, 0.29) is 17.1 Å². The Morgan fingerprint density at radius 3 is 2.32 bits per heavy atom. The van der Waals surface area contributed by atoms with Crippen LogP contribution in [0.3, 0.4) is 0 Å². The molecule has 228 valence electrons. The van der Waals surface area contributed by atoms with Crippen molar-refractivity contribution in [3.05, 3.63) is 100 Å². The number of allylic oxidation sites excluding steroid dienone is 1. The molecule has 3 aromatic rings. The Morgan fingerprint density at radius 1 is 0.977 bits per heavy atom. The molecule has 0 aliphatic carbocycles. The van der Waals surface area contributed by atoms with Crippen molar-refractivity contribution in [1.29, 1.82) is 0 Å². The third kappa shape index (κ3) is 8.07. The van der Waals surface area contributed by atoms with Crippen LogP contribution < -0.4 is 19.5 Å². The zero-order valence-corrected chi connectivity index (χ0v) is 25.1. The molecular weight excluding hydrogens is 584 g/mol. The lowest BCUT2D eigenvalue weighted by atomic mass is 10.0. The third-order valence-electron chi connectivity index (χ3n) is 6.32. The number of benzene rings is 3. The molecule has 0 unspecified atom stereocenters. The van der Waals surface area contributed by atoms with E-state index < -0.39 is 29.6 Å². The summed E-state index contributed by atoms with van der Waals surface area (Å²) in [4.78, 5) is 50.7. The van der Waals surface area contributed by atoms with Crippen molar-refractivity contribution in [1.82, 2.24) is 4.90 Å². The molecule has 3 aromatic carbocycles. The van der Waals surface area contributed by atoms with E-state index in [9.17, 15) is 19.2 Å². The van der Waals surface area contributed by atoms with Gasteiger partial charge in [0.05, 0.1) is 23.7 Å². The Kier molecular flexibility index (Phi) is 10.8. The topological polar surface area (TPSA) is 131 Å². The number of amides is 3. The molecule has 0 bridgehead atoms. The van der Waals surface area contributed by atoms with Gasteiger partial charge < -0.3 is 24.6 Å². The molecule has 0 saturated carbocycles. The summed E-state index contributed by atoms with van der Waals surface area (Å²) in [6.45, 7) is 8.14. The largest absolute Gasteiger partial charge is 0.494 e. The predicted octanol–water partition coefficient (Wildman–Crippen LogP) is 6.16. The molecule has 0 spiro atoms. The van der Waals surface area contributed by atoms with Crippen molar-refractivity contribution in [3.63, 3.8) is 0 Å². The van der Waals surface area contributed by atoms with Crippen LogP contribution in [0.25, 0.3) is 6.08 Å². The number of hydrogen-bond donors (Lipinski definition) is 2. The molecule has 1 heterocycles. The van der Waals surface area contributed by atoms with Crippen molar-refractivity contribution >= 4 is 46.5 Å². The van der Waals surface area contributed by atoms with Gasteiger partial charge in [-0.3, -0.25) is 19.3 Å². The Bertz CT molecular complexity index is 1580. The minimum Gasteiger partial charge on any atom is -0.494 e. The maximum Gasteiger partial charge on any atom is 0.335 e. The van der Waals surface area contributed by atoms with E-state index in [0.717, 1.165) is 27.8 Å². The van der Waals surface area contributed by atoms with Gasteiger partial charge in [-0.25, -0.2) is 4.79 Å². The molecular formula is C33H32N2O8S. The van der Waals surface area contributed by atoms with Crippen LogP contribution in [0.15, 0.2) is 78.2 Å².